The monoisotopic (exact) mass is 449 g/mol. The third kappa shape index (κ3) is 5.34. The molecular weight excluding hydrogens is 432 g/mol. The fourth-order valence-corrected chi connectivity index (χ4v) is 3.03. The van der Waals surface area contributed by atoms with E-state index in [-0.39, 0.29) is 17.5 Å². The van der Waals surface area contributed by atoms with Gasteiger partial charge in [0.15, 0.2) is 0 Å². The lowest BCUT2D eigenvalue weighted by Crippen LogP contribution is -2.02. The van der Waals surface area contributed by atoms with Gasteiger partial charge in [0.25, 0.3) is 12.1 Å². The van der Waals surface area contributed by atoms with Gasteiger partial charge in [-0.25, -0.2) is 8.78 Å². The lowest BCUT2D eigenvalue weighted by molar-refractivity contribution is -0.384. The molecule has 3 rings (SSSR count). The Balaban J connectivity index is 1.80. The van der Waals surface area contributed by atoms with Crippen LogP contribution < -0.4 is 9.47 Å². The van der Waals surface area contributed by atoms with Crippen molar-refractivity contribution < 1.29 is 23.2 Å². The van der Waals surface area contributed by atoms with Gasteiger partial charge in [0.2, 0.25) is 11.0 Å². The van der Waals surface area contributed by atoms with E-state index >= 15 is 0 Å². The summed E-state index contributed by atoms with van der Waals surface area (Å²) in [5.41, 5.74) is 1.25. The van der Waals surface area contributed by atoms with Crippen LogP contribution in [0, 0.1) is 10.1 Å². The highest BCUT2D eigenvalue weighted by atomic mass is 32.2. The highest BCUT2D eigenvalue weighted by Crippen LogP contribution is 2.24. The maximum absolute atomic E-state index is 13.1. The smallest absolute Gasteiger partial charge is 0.299 e. The predicted octanol–water partition coefficient (Wildman–Crippen LogP) is 4.32. The minimum absolute atomic E-state index is 0.0371. The second-order valence-electron chi connectivity index (χ2n) is 6.01. The molecule has 0 atom stereocenters. The van der Waals surface area contributed by atoms with E-state index in [0.29, 0.717) is 22.6 Å². The number of benzene rings is 2. The topological polar surface area (TPSA) is 105 Å². The molecule has 12 heteroatoms. The lowest BCUT2D eigenvalue weighted by Gasteiger charge is -2.11. The van der Waals surface area contributed by atoms with Gasteiger partial charge in [-0.15, -0.1) is 10.2 Å². The van der Waals surface area contributed by atoms with Crippen molar-refractivity contribution >= 4 is 23.7 Å². The summed E-state index contributed by atoms with van der Waals surface area (Å²) >= 11 is 1.15. The molecule has 0 aliphatic carbocycles. The van der Waals surface area contributed by atoms with Crippen LogP contribution in [-0.4, -0.2) is 39.4 Å². The minimum Gasteiger partial charge on any atom is -0.496 e. The van der Waals surface area contributed by atoms with Crippen LogP contribution in [0.15, 0.2) is 52.7 Å². The number of methoxy groups -OCH3 is 1. The van der Waals surface area contributed by atoms with E-state index in [9.17, 15) is 18.9 Å². The first-order chi connectivity index (χ1) is 14.9. The first-order valence-electron chi connectivity index (χ1n) is 8.79. The summed E-state index contributed by atoms with van der Waals surface area (Å²) < 4.78 is 38.3. The SMILES string of the molecule is COc1ccc(/C=N/n2c(SC)nnc2C(F)F)cc1COc1ccc([N+](=O)[O-])cc1. The summed E-state index contributed by atoms with van der Waals surface area (Å²) in [5.74, 6) is 0.458. The standard InChI is InChI=1S/C19H17F2N5O4S/c1-29-16-8-3-12(10-22-25-18(17(20)21)23-24-19(25)31-2)9-13(16)11-30-15-6-4-14(5-7-15)26(27)28/h3-10,17H,11H2,1-2H3/b22-10+. The number of aromatic nitrogens is 3. The van der Waals surface area contributed by atoms with Gasteiger partial charge in [-0.1, -0.05) is 11.8 Å². The predicted molar refractivity (Wildman–Crippen MR) is 110 cm³/mol. The van der Waals surface area contributed by atoms with Crippen molar-refractivity contribution in [1.82, 2.24) is 14.9 Å². The van der Waals surface area contributed by atoms with Gasteiger partial charge in [-0.3, -0.25) is 10.1 Å². The van der Waals surface area contributed by atoms with Crippen LogP contribution in [0.25, 0.3) is 0 Å². The number of halogens is 2. The van der Waals surface area contributed by atoms with Crippen molar-refractivity contribution in [3.63, 3.8) is 0 Å². The Morgan fingerprint density at radius 1 is 1.26 bits per heavy atom. The third-order valence-corrected chi connectivity index (χ3v) is 4.70. The second kappa shape index (κ2) is 9.98. The molecule has 9 nitrogen and oxygen atoms in total. The summed E-state index contributed by atoms with van der Waals surface area (Å²) in [5, 5.41) is 22.2. The highest BCUT2D eigenvalue weighted by Gasteiger charge is 2.19. The van der Waals surface area contributed by atoms with Crippen molar-refractivity contribution in [2.45, 2.75) is 18.2 Å². The van der Waals surface area contributed by atoms with E-state index in [0.717, 1.165) is 16.4 Å². The molecule has 0 bridgehead atoms. The van der Waals surface area contributed by atoms with E-state index in [1.165, 1.54) is 37.6 Å². The van der Waals surface area contributed by atoms with Crippen LogP contribution in [0.4, 0.5) is 14.5 Å². The van der Waals surface area contributed by atoms with Crippen molar-refractivity contribution in [1.29, 1.82) is 0 Å². The minimum atomic E-state index is -2.81. The number of nitro groups is 1. The zero-order chi connectivity index (χ0) is 22.4. The summed E-state index contributed by atoms with van der Waals surface area (Å²) in [6.07, 6.45) is 0.280. The number of non-ortho nitro benzene ring substituents is 1. The van der Waals surface area contributed by atoms with Crippen molar-refractivity contribution in [3.05, 3.63) is 69.5 Å². The maximum atomic E-state index is 13.1. The van der Waals surface area contributed by atoms with Crippen LogP contribution in [0.2, 0.25) is 0 Å². The molecule has 3 aromatic rings. The molecule has 0 aliphatic rings. The zero-order valence-electron chi connectivity index (χ0n) is 16.4. The third-order valence-electron chi connectivity index (χ3n) is 4.08. The number of hydrogen-bond acceptors (Lipinski definition) is 8. The molecule has 0 saturated heterocycles. The molecule has 2 aromatic carbocycles. The highest BCUT2D eigenvalue weighted by molar-refractivity contribution is 7.98. The van der Waals surface area contributed by atoms with Crippen LogP contribution >= 0.6 is 11.8 Å². The van der Waals surface area contributed by atoms with E-state index in [1.54, 1.807) is 24.5 Å². The molecule has 0 spiro atoms. The quantitative estimate of drug-likeness (QED) is 0.207. The molecule has 0 radical (unpaired) electrons. The number of alkyl halides is 2. The van der Waals surface area contributed by atoms with Crippen LogP contribution in [0.5, 0.6) is 11.5 Å². The summed E-state index contributed by atoms with van der Waals surface area (Å²) in [4.78, 5) is 10.2. The number of thioether (sulfide) groups is 1. The van der Waals surface area contributed by atoms with Gasteiger partial charge >= 0.3 is 0 Å². The van der Waals surface area contributed by atoms with Crippen LogP contribution in [0.3, 0.4) is 0 Å². The maximum Gasteiger partial charge on any atom is 0.299 e. The molecule has 0 aliphatic heterocycles. The molecule has 0 amide bonds. The molecular formula is C19H17F2N5O4S. The molecule has 0 fully saturated rings. The summed E-state index contributed by atoms with van der Waals surface area (Å²) in [7, 11) is 1.51. The normalized spacial score (nSPS) is 11.3. The van der Waals surface area contributed by atoms with Crippen molar-refractivity contribution in [2.24, 2.45) is 5.10 Å². The fraction of sp³-hybridized carbons (Fsp3) is 0.211. The molecule has 0 unspecified atom stereocenters. The molecule has 1 heterocycles. The zero-order valence-corrected chi connectivity index (χ0v) is 17.3. The molecule has 162 valence electrons. The van der Waals surface area contributed by atoms with E-state index in [2.05, 4.69) is 15.3 Å². The Morgan fingerprint density at radius 3 is 2.61 bits per heavy atom. The average molecular weight is 449 g/mol. The first kappa shape index (κ1) is 22.2. The fourth-order valence-electron chi connectivity index (χ4n) is 2.59. The number of ether oxygens (including phenoxy) is 2. The largest absolute Gasteiger partial charge is 0.496 e. The lowest BCUT2D eigenvalue weighted by atomic mass is 10.1. The van der Waals surface area contributed by atoms with E-state index in [1.807, 2.05) is 0 Å². The number of rotatable bonds is 9. The van der Waals surface area contributed by atoms with Crippen LogP contribution in [-0.2, 0) is 6.61 Å². The van der Waals surface area contributed by atoms with Gasteiger partial charge in [0.05, 0.1) is 18.2 Å². The van der Waals surface area contributed by atoms with Gasteiger partial charge in [-0.2, -0.15) is 9.78 Å². The molecule has 1 aromatic heterocycles. The van der Waals surface area contributed by atoms with E-state index in [4.69, 9.17) is 9.47 Å². The Morgan fingerprint density at radius 2 is 2.00 bits per heavy atom. The van der Waals surface area contributed by atoms with E-state index < -0.39 is 17.2 Å². The molecule has 0 N–H and O–H groups in total. The number of hydrogen-bond donors (Lipinski definition) is 0. The second-order valence-corrected chi connectivity index (χ2v) is 6.79. The van der Waals surface area contributed by atoms with Crippen LogP contribution in [0.1, 0.15) is 23.4 Å². The van der Waals surface area contributed by atoms with Gasteiger partial charge in [0.1, 0.15) is 18.1 Å². The van der Waals surface area contributed by atoms with Crippen molar-refractivity contribution in [3.8, 4) is 11.5 Å². The Hall–Kier alpha value is -3.54. The Kier molecular flexibility index (Phi) is 7.13. The Labute approximate surface area is 179 Å². The van der Waals surface area contributed by atoms with Gasteiger partial charge in [0, 0.05) is 17.7 Å². The molecule has 0 saturated carbocycles. The summed E-state index contributed by atoms with van der Waals surface area (Å²) in [6.45, 7) is 0.119. The molecule has 31 heavy (non-hydrogen) atoms. The number of nitrogens with zero attached hydrogens (tertiary/aromatic N) is 5. The number of nitro benzene ring substituents is 1. The Bertz CT molecular complexity index is 1090. The van der Waals surface area contributed by atoms with Crippen molar-refractivity contribution in [2.75, 3.05) is 13.4 Å². The van der Waals surface area contributed by atoms with Gasteiger partial charge < -0.3 is 9.47 Å². The summed E-state index contributed by atoms with van der Waals surface area (Å²) in [6, 6.07) is 10.8. The van der Waals surface area contributed by atoms with Gasteiger partial charge in [-0.05, 0) is 42.2 Å². The first-order valence-corrected chi connectivity index (χ1v) is 10.0. The average Bonchev–Trinajstić information content (AvgIpc) is 3.19.